The van der Waals surface area contributed by atoms with Gasteiger partial charge in [0, 0.05) is 25.6 Å². The predicted molar refractivity (Wildman–Crippen MR) is 74.9 cm³/mol. The van der Waals surface area contributed by atoms with Crippen molar-refractivity contribution in [3.05, 3.63) is 0 Å². The standard InChI is InChI=1S/C14H28N2O3/c1-11(2)8-12(9-15)16-14(17)5-7-18-10-13-4-3-6-19-13/h11-13H,3-10,15H2,1-2H3,(H,16,17). The maximum absolute atomic E-state index is 11.7. The van der Waals surface area contributed by atoms with Gasteiger partial charge in [0.05, 0.1) is 19.3 Å². The number of carbonyl (C=O) groups excluding carboxylic acids is 1. The Kier molecular flexibility index (Phi) is 8.02. The van der Waals surface area contributed by atoms with Gasteiger partial charge in [-0.15, -0.1) is 0 Å². The largest absolute Gasteiger partial charge is 0.378 e. The van der Waals surface area contributed by atoms with Crippen molar-refractivity contribution in [1.29, 1.82) is 0 Å². The topological polar surface area (TPSA) is 73.6 Å². The fourth-order valence-electron chi connectivity index (χ4n) is 2.24. The molecule has 0 aromatic heterocycles. The molecule has 2 atom stereocenters. The van der Waals surface area contributed by atoms with Crippen LogP contribution in [0.25, 0.3) is 0 Å². The Morgan fingerprint density at radius 2 is 2.32 bits per heavy atom. The molecule has 3 N–H and O–H groups in total. The summed E-state index contributed by atoms with van der Waals surface area (Å²) in [4.78, 5) is 11.7. The van der Waals surface area contributed by atoms with Crippen LogP contribution in [0.3, 0.4) is 0 Å². The van der Waals surface area contributed by atoms with Gasteiger partial charge in [-0.25, -0.2) is 0 Å². The summed E-state index contributed by atoms with van der Waals surface area (Å²) in [6.45, 7) is 6.62. The summed E-state index contributed by atoms with van der Waals surface area (Å²) in [5.74, 6) is 0.549. The first-order valence-corrected chi connectivity index (χ1v) is 7.30. The van der Waals surface area contributed by atoms with Crippen LogP contribution in [-0.4, -0.2) is 44.4 Å². The van der Waals surface area contributed by atoms with Crippen molar-refractivity contribution in [3.8, 4) is 0 Å². The third kappa shape index (κ3) is 7.50. The lowest BCUT2D eigenvalue weighted by molar-refractivity contribution is -0.123. The van der Waals surface area contributed by atoms with E-state index in [2.05, 4.69) is 19.2 Å². The molecule has 5 heteroatoms. The first-order valence-electron chi connectivity index (χ1n) is 7.30. The molecule has 1 aliphatic heterocycles. The number of nitrogens with two attached hydrogens (primary N) is 1. The maximum Gasteiger partial charge on any atom is 0.222 e. The zero-order valence-electron chi connectivity index (χ0n) is 12.2. The molecule has 1 heterocycles. The molecule has 1 amide bonds. The van der Waals surface area contributed by atoms with E-state index < -0.39 is 0 Å². The van der Waals surface area contributed by atoms with Crippen molar-refractivity contribution in [3.63, 3.8) is 0 Å². The Morgan fingerprint density at radius 3 is 2.89 bits per heavy atom. The van der Waals surface area contributed by atoms with Crippen LogP contribution in [0.15, 0.2) is 0 Å². The zero-order chi connectivity index (χ0) is 14.1. The SMILES string of the molecule is CC(C)CC(CN)NC(=O)CCOCC1CCCO1. The highest BCUT2D eigenvalue weighted by Gasteiger charge is 2.16. The van der Waals surface area contributed by atoms with Gasteiger partial charge in [-0.2, -0.15) is 0 Å². The molecule has 1 aliphatic rings. The minimum absolute atomic E-state index is 0.0171. The molecule has 1 fully saturated rings. The lowest BCUT2D eigenvalue weighted by atomic mass is 10.0. The van der Waals surface area contributed by atoms with Crippen LogP contribution in [0.1, 0.15) is 39.5 Å². The van der Waals surface area contributed by atoms with Crippen molar-refractivity contribution in [2.75, 3.05) is 26.4 Å². The van der Waals surface area contributed by atoms with E-state index >= 15 is 0 Å². The Morgan fingerprint density at radius 1 is 1.53 bits per heavy atom. The fraction of sp³-hybridized carbons (Fsp3) is 0.929. The van der Waals surface area contributed by atoms with Crippen LogP contribution in [0, 0.1) is 5.92 Å². The predicted octanol–water partition coefficient (Wildman–Crippen LogP) is 1.06. The molecular weight excluding hydrogens is 244 g/mol. The Bertz CT molecular complexity index is 253. The van der Waals surface area contributed by atoms with Gasteiger partial charge in [-0.3, -0.25) is 4.79 Å². The van der Waals surface area contributed by atoms with Crippen LogP contribution >= 0.6 is 0 Å². The fourth-order valence-corrected chi connectivity index (χ4v) is 2.24. The van der Waals surface area contributed by atoms with Crippen molar-refractivity contribution in [1.82, 2.24) is 5.32 Å². The number of ether oxygens (including phenoxy) is 2. The summed E-state index contributed by atoms with van der Waals surface area (Å²) in [5.41, 5.74) is 5.64. The quantitative estimate of drug-likeness (QED) is 0.616. The average Bonchev–Trinajstić information content (AvgIpc) is 2.86. The molecule has 5 nitrogen and oxygen atoms in total. The molecule has 0 aliphatic carbocycles. The number of nitrogens with one attached hydrogen (secondary N) is 1. The summed E-state index contributed by atoms with van der Waals surface area (Å²) in [7, 11) is 0. The zero-order valence-corrected chi connectivity index (χ0v) is 12.2. The molecule has 112 valence electrons. The van der Waals surface area contributed by atoms with Crippen LogP contribution in [0.2, 0.25) is 0 Å². The second kappa shape index (κ2) is 9.28. The Hall–Kier alpha value is -0.650. The molecule has 19 heavy (non-hydrogen) atoms. The molecule has 0 aromatic rings. The van der Waals surface area contributed by atoms with Gasteiger partial charge in [-0.05, 0) is 25.2 Å². The second-order valence-electron chi connectivity index (χ2n) is 5.59. The normalized spacial score (nSPS) is 20.7. The summed E-state index contributed by atoms with van der Waals surface area (Å²) in [5, 5.41) is 2.95. The smallest absolute Gasteiger partial charge is 0.222 e. The van der Waals surface area contributed by atoms with Crippen LogP contribution in [0.5, 0.6) is 0 Å². The summed E-state index contributed by atoms with van der Waals surface area (Å²) in [6, 6.07) is 0.0747. The number of rotatable bonds is 9. The molecule has 2 unspecified atom stereocenters. The molecule has 1 saturated heterocycles. The Balaban J connectivity index is 2.05. The summed E-state index contributed by atoms with van der Waals surface area (Å²) >= 11 is 0. The first-order chi connectivity index (χ1) is 9.11. The third-order valence-electron chi connectivity index (χ3n) is 3.21. The van der Waals surface area contributed by atoms with Crippen LogP contribution < -0.4 is 11.1 Å². The molecule has 0 saturated carbocycles. The monoisotopic (exact) mass is 272 g/mol. The van der Waals surface area contributed by atoms with E-state index in [9.17, 15) is 4.79 Å². The van der Waals surface area contributed by atoms with Crippen molar-refractivity contribution in [2.45, 2.75) is 51.7 Å². The second-order valence-corrected chi connectivity index (χ2v) is 5.59. The number of hydrogen-bond donors (Lipinski definition) is 2. The van der Waals surface area contributed by atoms with Crippen molar-refractivity contribution in [2.24, 2.45) is 11.7 Å². The van der Waals surface area contributed by atoms with Gasteiger partial charge in [0.2, 0.25) is 5.91 Å². The van der Waals surface area contributed by atoms with Crippen molar-refractivity contribution < 1.29 is 14.3 Å². The molecule has 0 bridgehead atoms. The van der Waals surface area contributed by atoms with Gasteiger partial charge >= 0.3 is 0 Å². The lowest BCUT2D eigenvalue weighted by Gasteiger charge is -2.19. The van der Waals surface area contributed by atoms with Gasteiger partial charge in [0.1, 0.15) is 0 Å². The number of hydrogen-bond acceptors (Lipinski definition) is 4. The van der Waals surface area contributed by atoms with E-state index in [1.807, 2.05) is 0 Å². The van der Waals surface area contributed by atoms with Gasteiger partial charge in [0.25, 0.3) is 0 Å². The van der Waals surface area contributed by atoms with Crippen molar-refractivity contribution >= 4 is 5.91 Å². The number of carbonyl (C=O) groups is 1. The molecule has 0 spiro atoms. The highest BCUT2D eigenvalue weighted by atomic mass is 16.5. The first kappa shape index (κ1) is 16.4. The maximum atomic E-state index is 11.7. The van der Waals surface area contributed by atoms with E-state index in [1.54, 1.807) is 0 Å². The minimum Gasteiger partial charge on any atom is -0.378 e. The van der Waals surface area contributed by atoms with Gasteiger partial charge in [-0.1, -0.05) is 13.8 Å². The Labute approximate surface area is 116 Å². The molecule has 0 aromatic carbocycles. The van der Waals surface area contributed by atoms with Crippen LogP contribution in [0.4, 0.5) is 0 Å². The van der Waals surface area contributed by atoms with E-state index in [0.29, 0.717) is 32.1 Å². The van der Waals surface area contributed by atoms with Crippen LogP contribution in [-0.2, 0) is 14.3 Å². The van der Waals surface area contributed by atoms with Gasteiger partial charge < -0.3 is 20.5 Å². The highest BCUT2D eigenvalue weighted by Crippen LogP contribution is 2.11. The minimum atomic E-state index is 0.0171. The summed E-state index contributed by atoms with van der Waals surface area (Å²) < 4.78 is 10.9. The van der Waals surface area contributed by atoms with E-state index in [0.717, 1.165) is 25.9 Å². The summed E-state index contributed by atoms with van der Waals surface area (Å²) in [6.07, 6.45) is 3.71. The van der Waals surface area contributed by atoms with E-state index in [4.69, 9.17) is 15.2 Å². The highest BCUT2D eigenvalue weighted by molar-refractivity contribution is 5.76. The lowest BCUT2D eigenvalue weighted by Crippen LogP contribution is -2.41. The third-order valence-corrected chi connectivity index (χ3v) is 3.21. The van der Waals surface area contributed by atoms with E-state index in [-0.39, 0.29) is 18.1 Å². The van der Waals surface area contributed by atoms with E-state index in [1.165, 1.54) is 0 Å². The molecule has 0 radical (unpaired) electrons. The van der Waals surface area contributed by atoms with Gasteiger partial charge in [0.15, 0.2) is 0 Å². The number of amides is 1. The molecular formula is C14H28N2O3. The average molecular weight is 272 g/mol. The molecule has 1 rings (SSSR count).